The van der Waals surface area contributed by atoms with Crippen LogP contribution < -0.4 is 0 Å². The first kappa shape index (κ1) is 9.44. The summed E-state index contributed by atoms with van der Waals surface area (Å²) in [6.45, 7) is 0. The molecule has 0 aliphatic heterocycles. The smallest absolute Gasteiger partial charge is 0.318 e. The molecule has 0 heterocycles. The molecule has 0 aliphatic rings. The summed E-state index contributed by atoms with van der Waals surface area (Å²) in [4.78, 5) is 9.24. The van der Waals surface area contributed by atoms with E-state index in [0.717, 1.165) is 0 Å². The number of rotatable bonds is 1. The van der Waals surface area contributed by atoms with Crippen molar-refractivity contribution in [3.63, 3.8) is 0 Å². The molecule has 1 N–H and O–H groups in total. The van der Waals surface area contributed by atoms with Gasteiger partial charge in [0, 0.05) is 13.5 Å². The van der Waals surface area contributed by atoms with Gasteiger partial charge in [0.1, 0.15) is 5.88 Å². The summed E-state index contributed by atoms with van der Waals surface area (Å²) in [6, 6.07) is 0. The number of carboxylic acid groups (broad SMARTS) is 1. The van der Waals surface area contributed by atoms with Crippen molar-refractivity contribution in [2.75, 3.05) is 5.88 Å². The summed E-state index contributed by atoms with van der Waals surface area (Å²) >= 11 is 4.74. The van der Waals surface area contributed by atoms with Gasteiger partial charge in [-0.3, -0.25) is 4.79 Å². The van der Waals surface area contributed by atoms with E-state index in [-0.39, 0.29) is 19.4 Å². The quantitative estimate of drug-likeness (QED) is 0.532. The third-order valence-corrected chi connectivity index (χ3v) is 0.343. The molecule has 2 radical (unpaired) electrons. The fourth-order valence-corrected chi connectivity index (χ4v) is 0. The summed E-state index contributed by atoms with van der Waals surface area (Å²) in [5, 5.41) is 7.59. The monoisotopic (exact) mass is 126 g/mol. The molecule has 0 unspecified atom stereocenters. The Bertz CT molecular complexity index is 46.8. The molecule has 4 heteroatoms. The molecule has 0 saturated carbocycles. The number of alkyl halides is 1. The van der Waals surface area contributed by atoms with E-state index in [1.165, 1.54) is 0 Å². The van der Waals surface area contributed by atoms with Gasteiger partial charge in [-0.05, 0) is 0 Å². The van der Waals surface area contributed by atoms with Crippen LogP contribution >= 0.6 is 25.1 Å². The van der Waals surface area contributed by atoms with Crippen molar-refractivity contribution in [1.82, 2.24) is 0 Å². The van der Waals surface area contributed by atoms with Crippen LogP contribution in [0, 0.1) is 0 Å². The maximum absolute atomic E-state index is 9.24. The minimum atomic E-state index is -0.980. The van der Waals surface area contributed by atoms with E-state index >= 15 is 0 Å². The number of aliphatic carboxylic acids is 1. The summed E-state index contributed by atoms with van der Waals surface area (Å²) < 4.78 is 0. The van der Waals surface area contributed by atoms with Gasteiger partial charge in [0.05, 0.1) is 0 Å². The van der Waals surface area contributed by atoms with Crippen LogP contribution in [0.25, 0.3) is 0 Å². The van der Waals surface area contributed by atoms with E-state index in [1.807, 2.05) is 0 Å². The zero-order valence-electron chi connectivity index (χ0n) is 2.85. The molecule has 6 heavy (non-hydrogen) atoms. The minimum absolute atomic E-state index is 0. The van der Waals surface area contributed by atoms with Crippen molar-refractivity contribution in [1.29, 1.82) is 0 Å². The summed E-state index contributed by atoms with van der Waals surface area (Å²) in [6.07, 6.45) is 0. The number of hydrogen-bond donors (Lipinski definition) is 1. The van der Waals surface area contributed by atoms with Crippen LogP contribution in [0.2, 0.25) is 0 Å². The Kier molecular flexibility index (Phi) is 8.04. The highest BCUT2D eigenvalue weighted by Crippen LogP contribution is 1.67. The zero-order chi connectivity index (χ0) is 4.28. The molecular formula is C2H3ClO2S. The van der Waals surface area contributed by atoms with Gasteiger partial charge in [0.25, 0.3) is 0 Å². The minimum Gasteiger partial charge on any atom is -0.480 e. The van der Waals surface area contributed by atoms with E-state index in [1.54, 1.807) is 0 Å². The highest BCUT2D eigenvalue weighted by atomic mass is 35.5. The Labute approximate surface area is 47.6 Å². The van der Waals surface area contributed by atoms with Crippen molar-refractivity contribution in [3.05, 3.63) is 0 Å². The van der Waals surface area contributed by atoms with E-state index < -0.39 is 5.97 Å². The Morgan fingerprint density at radius 3 is 2.00 bits per heavy atom. The Hall–Kier alpha value is 0.110. The lowest BCUT2D eigenvalue weighted by Gasteiger charge is -1.69. The van der Waals surface area contributed by atoms with E-state index in [0.29, 0.717) is 0 Å². The molecule has 0 amide bonds. The maximum Gasteiger partial charge on any atom is 0.318 e. The molecule has 0 aromatic heterocycles. The number of hydrogen-bond acceptors (Lipinski definition) is 1. The highest BCUT2D eigenvalue weighted by Gasteiger charge is 1.83. The fourth-order valence-electron chi connectivity index (χ4n) is 0. The number of halogens is 1. The molecule has 0 aliphatic carbocycles. The van der Waals surface area contributed by atoms with Crippen molar-refractivity contribution in [3.8, 4) is 0 Å². The molecule has 0 saturated heterocycles. The standard InChI is InChI=1S/C2H3ClO2.S/c3-1-2(4)5;/h1H2,(H,4,5);. The Balaban J connectivity index is 0. The van der Waals surface area contributed by atoms with Crippen LogP contribution in [-0.4, -0.2) is 17.0 Å². The van der Waals surface area contributed by atoms with Crippen molar-refractivity contribution >= 4 is 31.1 Å². The van der Waals surface area contributed by atoms with Crippen LogP contribution in [0.3, 0.4) is 0 Å². The first-order chi connectivity index (χ1) is 2.27. The van der Waals surface area contributed by atoms with Crippen LogP contribution in [-0.2, 0) is 4.79 Å². The molecule has 0 rings (SSSR count). The number of carbonyl (C=O) groups is 1. The summed E-state index contributed by atoms with van der Waals surface area (Å²) in [7, 11) is 0. The lowest BCUT2D eigenvalue weighted by atomic mass is 10.8. The normalized spacial score (nSPS) is 6.17. The second-order valence-electron chi connectivity index (χ2n) is 0.527. The van der Waals surface area contributed by atoms with Crippen molar-refractivity contribution in [2.45, 2.75) is 0 Å². The number of carboxylic acids is 1. The largest absolute Gasteiger partial charge is 0.480 e. The Morgan fingerprint density at radius 1 is 1.83 bits per heavy atom. The second kappa shape index (κ2) is 5.11. The predicted molar refractivity (Wildman–Crippen MR) is 25.9 cm³/mol. The van der Waals surface area contributed by atoms with Gasteiger partial charge < -0.3 is 5.11 Å². The molecule has 2 nitrogen and oxygen atoms in total. The summed E-state index contributed by atoms with van der Waals surface area (Å²) in [5.74, 6) is -1.29. The van der Waals surface area contributed by atoms with Gasteiger partial charge in [0.2, 0.25) is 0 Å². The van der Waals surface area contributed by atoms with Gasteiger partial charge in [-0.25, -0.2) is 0 Å². The molecule has 0 bridgehead atoms. The first-order valence-electron chi connectivity index (χ1n) is 1.05. The van der Waals surface area contributed by atoms with Gasteiger partial charge >= 0.3 is 5.97 Å². The molecule has 36 valence electrons. The van der Waals surface area contributed by atoms with E-state index in [4.69, 9.17) is 16.7 Å². The zero-order valence-corrected chi connectivity index (χ0v) is 4.42. The van der Waals surface area contributed by atoms with E-state index in [9.17, 15) is 4.79 Å². The van der Waals surface area contributed by atoms with Gasteiger partial charge in [-0.2, -0.15) is 0 Å². The molecule has 0 fully saturated rings. The summed E-state index contributed by atoms with van der Waals surface area (Å²) in [5.41, 5.74) is 0. The van der Waals surface area contributed by atoms with Crippen LogP contribution in [0.5, 0.6) is 0 Å². The van der Waals surface area contributed by atoms with Crippen molar-refractivity contribution < 1.29 is 9.90 Å². The maximum atomic E-state index is 9.24. The van der Waals surface area contributed by atoms with Crippen LogP contribution in [0.4, 0.5) is 0 Å². The predicted octanol–water partition coefficient (Wildman–Crippen LogP) is 0.958. The SMILES string of the molecule is O=C(O)CCl.[S]. The lowest BCUT2D eigenvalue weighted by Crippen LogP contribution is -1.92. The lowest BCUT2D eigenvalue weighted by molar-refractivity contribution is -0.134. The Morgan fingerprint density at radius 2 is 2.00 bits per heavy atom. The average molecular weight is 127 g/mol. The molecular weight excluding hydrogens is 124 g/mol. The van der Waals surface area contributed by atoms with Gasteiger partial charge in [0.15, 0.2) is 0 Å². The topological polar surface area (TPSA) is 37.3 Å². The molecule has 0 atom stereocenters. The second-order valence-corrected chi connectivity index (χ2v) is 0.795. The molecule has 0 aromatic rings. The van der Waals surface area contributed by atoms with Crippen LogP contribution in [0.1, 0.15) is 0 Å². The third kappa shape index (κ3) is 8.93. The first-order valence-corrected chi connectivity index (χ1v) is 1.58. The third-order valence-electron chi connectivity index (χ3n) is 0.114. The highest BCUT2D eigenvalue weighted by molar-refractivity contribution is 7.59. The average Bonchev–Trinajstić information content (AvgIpc) is 1.38. The molecule has 0 aromatic carbocycles. The van der Waals surface area contributed by atoms with Gasteiger partial charge in [-0.1, -0.05) is 0 Å². The fraction of sp³-hybridized carbons (Fsp3) is 0.500. The van der Waals surface area contributed by atoms with Crippen LogP contribution in [0.15, 0.2) is 0 Å². The molecule has 0 spiro atoms. The van der Waals surface area contributed by atoms with Crippen molar-refractivity contribution in [2.24, 2.45) is 0 Å². The van der Waals surface area contributed by atoms with Gasteiger partial charge in [-0.15, -0.1) is 11.6 Å². The van der Waals surface area contributed by atoms with E-state index in [2.05, 4.69) is 0 Å².